The highest BCUT2D eigenvalue weighted by Gasteiger charge is 2.38. The van der Waals surface area contributed by atoms with Crippen LogP contribution in [0.25, 0.3) is 0 Å². The van der Waals surface area contributed by atoms with E-state index in [9.17, 15) is 8.42 Å². The summed E-state index contributed by atoms with van der Waals surface area (Å²) in [6, 6.07) is 0. The van der Waals surface area contributed by atoms with E-state index in [4.69, 9.17) is 0 Å². The van der Waals surface area contributed by atoms with Crippen molar-refractivity contribution in [2.45, 2.75) is 94.0 Å². The van der Waals surface area contributed by atoms with Crippen LogP contribution in [-0.2, 0) is 9.84 Å². The SMILES string of the molecule is O=S1(=O)CCC(P(C2CCCCC2)C2CCCCC2)CC1. The summed E-state index contributed by atoms with van der Waals surface area (Å²) < 4.78 is 23.6. The van der Waals surface area contributed by atoms with Gasteiger partial charge in [0.2, 0.25) is 0 Å². The van der Waals surface area contributed by atoms with Crippen molar-refractivity contribution < 1.29 is 8.42 Å². The molecule has 0 radical (unpaired) electrons. The van der Waals surface area contributed by atoms with Crippen LogP contribution in [0.5, 0.6) is 0 Å². The minimum absolute atomic E-state index is 0.0790. The first kappa shape index (κ1) is 16.2. The van der Waals surface area contributed by atoms with Gasteiger partial charge in [-0.2, -0.15) is 0 Å². The van der Waals surface area contributed by atoms with Crippen molar-refractivity contribution in [1.29, 1.82) is 0 Å². The monoisotopic (exact) mass is 330 g/mol. The molecule has 0 aromatic rings. The predicted octanol–water partition coefficient (Wildman–Crippen LogP) is 4.71. The lowest BCUT2D eigenvalue weighted by molar-refractivity contribution is 0.477. The minimum atomic E-state index is -2.70. The van der Waals surface area contributed by atoms with Gasteiger partial charge in [0.25, 0.3) is 0 Å². The fourth-order valence-corrected chi connectivity index (χ4v) is 11.2. The van der Waals surface area contributed by atoms with Crippen molar-refractivity contribution >= 4 is 17.8 Å². The zero-order chi connectivity index (χ0) is 14.7. The summed E-state index contributed by atoms with van der Waals surface area (Å²) in [5, 5.41) is 0. The molecule has 1 saturated heterocycles. The van der Waals surface area contributed by atoms with Gasteiger partial charge in [0.05, 0.1) is 11.5 Å². The van der Waals surface area contributed by atoms with Crippen LogP contribution in [-0.4, -0.2) is 36.9 Å². The molecule has 2 aliphatic carbocycles. The summed E-state index contributed by atoms with van der Waals surface area (Å²) in [6.45, 7) is 0. The van der Waals surface area contributed by atoms with Gasteiger partial charge in [0.1, 0.15) is 9.84 Å². The maximum Gasteiger partial charge on any atom is 0.150 e. The number of rotatable bonds is 3. The third kappa shape index (κ3) is 4.22. The molecule has 3 aliphatic rings. The van der Waals surface area contributed by atoms with Gasteiger partial charge < -0.3 is 0 Å². The molecule has 2 saturated carbocycles. The highest BCUT2D eigenvalue weighted by atomic mass is 32.2. The van der Waals surface area contributed by atoms with Crippen LogP contribution < -0.4 is 0 Å². The van der Waals surface area contributed by atoms with Gasteiger partial charge in [-0.15, -0.1) is 0 Å². The molecular weight excluding hydrogens is 299 g/mol. The van der Waals surface area contributed by atoms with Gasteiger partial charge in [-0.05, 0) is 55.5 Å². The molecule has 0 aromatic heterocycles. The second kappa shape index (κ2) is 7.30. The third-order valence-corrected chi connectivity index (χ3v) is 11.7. The second-order valence-electron chi connectivity index (χ2n) is 7.41. The first-order valence-electron chi connectivity index (χ1n) is 9.13. The first-order chi connectivity index (χ1) is 10.2. The Morgan fingerprint density at radius 1 is 0.571 bits per heavy atom. The summed E-state index contributed by atoms with van der Waals surface area (Å²) in [6.07, 6.45) is 16.4. The Kier molecular flexibility index (Phi) is 5.65. The largest absolute Gasteiger partial charge is 0.229 e. The number of hydrogen-bond donors (Lipinski definition) is 0. The van der Waals surface area contributed by atoms with Gasteiger partial charge >= 0.3 is 0 Å². The quantitative estimate of drug-likeness (QED) is 0.702. The molecule has 3 rings (SSSR count). The summed E-state index contributed by atoms with van der Waals surface area (Å²) in [5.74, 6) is 0.964. The zero-order valence-corrected chi connectivity index (χ0v) is 15.0. The molecule has 1 heterocycles. The Morgan fingerprint density at radius 3 is 1.38 bits per heavy atom. The fourth-order valence-electron chi connectivity index (χ4n) is 4.83. The van der Waals surface area contributed by atoms with Crippen LogP contribution in [0.1, 0.15) is 77.0 Å². The fraction of sp³-hybridized carbons (Fsp3) is 1.00. The average Bonchev–Trinajstić information content (AvgIpc) is 2.51. The number of hydrogen-bond acceptors (Lipinski definition) is 2. The molecule has 2 nitrogen and oxygen atoms in total. The summed E-state index contributed by atoms with van der Waals surface area (Å²) >= 11 is 0. The lowest BCUT2D eigenvalue weighted by Gasteiger charge is -2.44. The van der Waals surface area contributed by atoms with E-state index in [1.165, 1.54) is 64.2 Å². The highest BCUT2D eigenvalue weighted by Crippen LogP contribution is 2.61. The average molecular weight is 330 g/mol. The molecule has 4 heteroatoms. The molecule has 0 aromatic carbocycles. The molecule has 0 unspecified atom stereocenters. The maximum absolute atomic E-state index is 11.8. The van der Waals surface area contributed by atoms with E-state index < -0.39 is 9.84 Å². The Morgan fingerprint density at radius 2 is 0.952 bits per heavy atom. The zero-order valence-electron chi connectivity index (χ0n) is 13.3. The van der Waals surface area contributed by atoms with Crippen molar-refractivity contribution in [3.63, 3.8) is 0 Å². The van der Waals surface area contributed by atoms with E-state index in [1.54, 1.807) is 0 Å². The van der Waals surface area contributed by atoms with Crippen LogP contribution in [0.4, 0.5) is 0 Å². The lowest BCUT2D eigenvalue weighted by Crippen LogP contribution is -2.32. The third-order valence-electron chi connectivity index (χ3n) is 5.94. The second-order valence-corrected chi connectivity index (χ2v) is 12.8. The standard InChI is InChI=1S/C17H31O2PS/c18-21(19)13-11-17(12-14-21)20(15-7-3-1-4-8-15)16-9-5-2-6-10-16/h15-17H,1-14H2. The highest BCUT2D eigenvalue weighted by molar-refractivity contribution is 7.91. The predicted molar refractivity (Wildman–Crippen MR) is 92.3 cm³/mol. The number of sulfone groups is 1. The topological polar surface area (TPSA) is 34.1 Å². The molecule has 0 atom stereocenters. The van der Waals surface area contributed by atoms with E-state index in [0.717, 1.165) is 29.8 Å². The Labute approximate surface area is 132 Å². The Bertz CT molecular complexity index is 390. The lowest BCUT2D eigenvalue weighted by atomic mass is 9.99. The molecule has 1 aliphatic heterocycles. The maximum atomic E-state index is 11.8. The summed E-state index contributed by atoms with van der Waals surface area (Å²) in [5.41, 5.74) is 2.72. The van der Waals surface area contributed by atoms with Gasteiger partial charge in [0.15, 0.2) is 0 Å². The molecule has 0 N–H and O–H groups in total. The smallest absolute Gasteiger partial charge is 0.150 e. The van der Waals surface area contributed by atoms with E-state index in [1.807, 2.05) is 0 Å². The van der Waals surface area contributed by atoms with Crippen LogP contribution in [0.3, 0.4) is 0 Å². The molecule has 122 valence electrons. The first-order valence-corrected chi connectivity index (χ1v) is 12.5. The van der Waals surface area contributed by atoms with Crippen molar-refractivity contribution in [3.8, 4) is 0 Å². The van der Waals surface area contributed by atoms with Crippen LogP contribution in [0.15, 0.2) is 0 Å². The van der Waals surface area contributed by atoms with E-state index in [0.29, 0.717) is 11.5 Å². The Balaban J connectivity index is 1.71. The minimum Gasteiger partial charge on any atom is -0.229 e. The van der Waals surface area contributed by atoms with Gasteiger partial charge in [0, 0.05) is 0 Å². The molecule has 0 amide bonds. The van der Waals surface area contributed by atoms with Crippen LogP contribution in [0, 0.1) is 0 Å². The molecule has 21 heavy (non-hydrogen) atoms. The van der Waals surface area contributed by atoms with Crippen LogP contribution >= 0.6 is 7.92 Å². The van der Waals surface area contributed by atoms with Crippen molar-refractivity contribution in [2.24, 2.45) is 0 Å². The molecule has 0 bridgehead atoms. The normalized spacial score (nSPS) is 29.8. The van der Waals surface area contributed by atoms with Crippen molar-refractivity contribution in [3.05, 3.63) is 0 Å². The van der Waals surface area contributed by atoms with Gasteiger partial charge in [-0.25, -0.2) is 8.42 Å². The van der Waals surface area contributed by atoms with Crippen LogP contribution in [0.2, 0.25) is 0 Å². The van der Waals surface area contributed by atoms with E-state index in [-0.39, 0.29) is 7.92 Å². The Hall–Kier alpha value is 0.380. The van der Waals surface area contributed by atoms with E-state index in [2.05, 4.69) is 0 Å². The molecule has 3 fully saturated rings. The van der Waals surface area contributed by atoms with Gasteiger partial charge in [-0.3, -0.25) is 0 Å². The van der Waals surface area contributed by atoms with Gasteiger partial charge in [-0.1, -0.05) is 46.4 Å². The molecule has 0 spiro atoms. The van der Waals surface area contributed by atoms with E-state index >= 15 is 0 Å². The summed E-state index contributed by atoms with van der Waals surface area (Å²) in [4.78, 5) is 0. The summed E-state index contributed by atoms with van der Waals surface area (Å²) in [7, 11) is -2.62. The van der Waals surface area contributed by atoms with Crippen molar-refractivity contribution in [1.82, 2.24) is 0 Å². The molecular formula is C17H31O2PS. The van der Waals surface area contributed by atoms with Crippen molar-refractivity contribution in [2.75, 3.05) is 11.5 Å².